The molecule has 0 aliphatic heterocycles. The quantitative estimate of drug-likeness (QED) is 0.920. The van der Waals surface area contributed by atoms with Gasteiger partial charge in [-0.3, -0.25) is 4.79 Å². The van der Waals surface area contributed by atoms with Crippen molar-refractivity contribution < 1.29 is 19.0 Å². The number of hydrogen-bond acceptors (Lipinski definition) is 2. The van der Waals surface area contributed by atoms with Gasteiger partial charge in [-0.15, -0.1) is 0 Å². The largest absolute Gasteiger partial charge is 0.489 e. The molecule has 0 aliphatic carbocycles. The van der Waals surface area contributed by atoms with Crippen LogP contribution in [-0.4, -0.2) is 17.2 Å². The van der Waals surface area contributed by atoms with Crippen LogP contribution in [0.5, 0.6) is 5.75 Å². The molecule has 82 valence electrons. The minimum absolute atomic E-state index is 0.122. The summed E-state index contributed by atoms with van der Waals surface area (Å²) in [6, 6.07) is 4.01. The van der Waals surface area contributed by atoms with Crippen molar-refractivity contribution in [3.8, 4) is 5.75 Å². The van der Waals surface area contributed by atoms with E-state index in [9.17, 15) is 9.18 Å². The Balaban J connectivity index is 2.71. The maximum Gasteiger partial charge on any atom is 0.307 e. The average molecular weight is 277 g/mol. The van der Waals surface area contributed by atoms with Crippen LogP contribution in [-0.2, 0) is 4.79 Å². The molecule has 0 unspecified atom stereocenters. The van der Waals surface area contributed by atoms with E-state index >= 15 is 0 Å². The van der Waals surface area contributed by atoms with Gasteiger partial charge in [-0.1, -0.05) is 0 Å². The number of halogens is 2. The maximum absolute atomic E-state index is 12.8. The molecule has 0 aromatic heterocycles. The van der Waals surface area contributed by atoms with E-state index in [-0.39, 0.29) is 6.42 Å². The fourth-order valence-corrected chi connectivity index (χ4v) is 1.41. The molecule has 0 radical (unpaired) electrons. The molecule has 0 saturated heterocycles. The first kappa shape index (κ1) is 12.0. The third-order valence-corrected chi connectivity index (χ3v) is 2.34. The summed E-state index contributed by atoms with van der Waals surface area (Å²) >= 11 is 3.19. The van der Waals surface area contributed by atoms with Crippen molar-refractivity contribution in [1.29, 1.82) is 0 Å². The van der Waals surface area contributed by atoms with E-state index in [4.69, 9.17) is 9.84 Å². The Morgan fingerprint density at radius 3 is 2.93 bits per heavy atom. The lowest BCUT2D eigenvalue weighted by Gasteiger charge is -2.13. The number of ether oxygens (including phenoxy) is 1. The van der Waals surface area contributed by atoms with Crippen molar-refractivity contribution in [2.75, 3.05) is 0 Å². The van der Waals surface area contributed by atoms with Crippen LogP contribution in [0.3, 0.4) is 0 Å². The third-order valence-electron chi connectivity index (χ3n) is 1.68. The number of carboxylic acid groups (broad SMARTS) is 1. The van der Waals surface area contributed by atoms with E-state index in [2.05, 4.69) is 15.9 Å². The predicted molar refractivity (Wildman–Crippen MR) is 56.4 cm³/mol. The smallest absolute Gasteiger partial charge is 0.307 e. The molecule has 1 rings (SSSR count). The molecule has 5 heteroatoms. The molecule has 1 atom stereocenters. The summed E-state index contributed by atoms with van der Waals surface area (Å²) in [5.41, 5.74) is 0. The second-order valence-electron chi connectivity index (χ2n) is 3.10. The first-order chi connectivity index (χ1) is 6.99. The van der Waals surface area contributed by atoms with Gasteiger partial charge in [0.25, 0.3) is 0 Å². The zero-order valence-electron chi connectivity index (χ0n) is 8.04. The van der Waals surface area contributed by atoms with Crippen molar-refractivity contribution in [3.63, 3.8) is 0 Å². The fourth-order valence-electron chi connectivity index (χ4n) is 1.07. The van der Waals surface area contributed by atoms with Crippen LogP contribution in [0.25, 0.3) is 0 Å². The van der Waals surface area contributed by atoms with Crippen LogP contribution in [0, 0.1) is 5.82 Å². The molecule has 0 amide bonds. The van der Waals surface area contributed by atoms with Gasteiger partial charge in [-0.25, -0.2) is 4.39 Å². The van der Waals surface area contributed by atoms with Crippen molar-refractivity contribution in [1.82, 2.24) is 0 Å². The Morgan fingerprint density at radius 1 is 1.67 bits per heavy atom. The van der Waals surface area contributed by atoms with Gasteiger partial charge >= 0.3 is 5.97 Å². The van der Waals surface area contributed by atoms with E-state index in [0.29, 0.717) is 10.2 Å². The van der Waals surface area contributed by atoms with E-state index in [1.807, 2.05) is 0 Å². The van der Waals surface area contributed by atoms with Gasteiger partial charge in [0, 0.05) is 6.07 Å². The summed E-state index contributed by atoms with van der Waals surface area (Å²) in [7, 11) is 0. The predicted octanol–water partition coefficient (Wildman–Crippen LogP) is 2.83. The van der Waals surface area contributed by atoms with Crippen LogP contribution in [0.1, 0.15) is 13.3 Å². The molecule has 0 bridgehead atoms. The molecule has 0 heterocycles. The van der Waals surface area contributed by atoms with E-state index in [1.54, 1.807) is 6.92 Å². The molecule has 3 nitrogen and oxygen atoms in total. The SMILES string of the molecule is C[C@H](CC(=O)O)Oc1cc(F)ccc1Br. The molecular formula is C10H10BrFO3. The van der Waals surface area contributed by atoms with Crippen molar-refractivity contribution in [3.05, 3.63) is 28.5 Å². The zero-order valence-corrected chi connectivity index (χ0v) is 9.62. The van der Waals surface area contributed by atoms with Crippen LogP contribution >= 0.6 is 15.9 Å². The average Bonchev–Trinajstić information content (AvgIpc) is 2.10. The Hall–Kier alpha value is -1.10. The molecule has 1 N–H and O–H groups in total. The Bertz CT molecular complexity index is 368. The van der Waals surface area contributed by atoms with Gasteiger partial charge in [0.05, 0.1) is 10.9 Å². The Labute approximate surface area is 95.0 Å². The lowest BCUT2D eigenvalue weighted by Crippen LogP contribution is -2.16. The van der Waals surface area contributed by atoms with Crippen LogP contribution < -0.4 is 4.74 Å². The van der Waals surface area contributed by atoms with E-state index < -0.39 is 17.9 Å². The minimum atomic E-state index is -0.949. The zero-order chi connectivity index (χ0) is 11.4. The number of benzene rings is 1. The molecule has 15 heavy (non-hydrogen) atoms. The van der Waals surface area contributed by atoms with Crippen molar-refractivity contribution in [2.45, 2.75) is 19.4 Å². The summed E-state index contributed by atoms with van der Waals surface area (Å²) < 4.78 is 18.7. The van der Waals surface area contributed by atoms with Crippen LogP contribution in [0.15, 0.2) is 22.7 Å². The second-order valence-corrected chi connectivity index (χ2v) is 3.96. The first-order valence-corrected chi connectivity index (χ1v) is 5.12. The number of rotatable bonds is 4. The number of aliphatic carboxylic acids is 1. The molecule has 0 spiro atoms. The lowest BCUT2D eigenvalue weighted by molar-refractivity contribution is -0.138. The van der Waals surface area contributed by atoms with Crippen molar-refractivity contribution >= 4 is 21.9 Å². The van der Waals surface area contributed by atoms with Gasteiger partial charge in [-0.05, 0) is 35.0 Å². The monoisotopic (exact) mass is 276 g/mol. The Kier molecular flexibility index (Phi) is 4.08. The van der Waals surface area contributed by atoms with E-state index in [1.165, 1.54) is 18.2 Å². The highest BCUT2D eigenvalue weighted by Gasteiger charge is 2.11. The van der Waals surface area contributed by atoms with Gasteiger partial charge in [0.1, 0.15) is 17.7 Å². The Morgan fingerprint density at radius 2 is 2.33 bits per heavy atom. The van der Waals surface area contributed by atoms with Gasteiger partial charge in [0.2, 0.25) is 0 Å². The van der Waals surface area contributed by atoms with Gasteiger partial charge in [-0.2, -0.15) is 0 Å². The number of carbonyl (C=O) groups is 1. The summed E-state index contributed by atoms with van der Waals surface area (Å²) in [6.45, 7) is 1.62. The van der Waals surface area contributed by atoms with Gasteiger partial charge < -0.3 is 9.84 Å². The first-order valence-electron chi connectivity index (χ1n) is 4.32. The molecule has 0 saturated carbocycles. The van der Waals surface area contributed by atoms with Gasteiger partial charge in [0.15, 0.2) is 0 Å². The highest BCUT2D eigenvalue weighted by molar-refractivity contribution is 9.10. The number of hydrogen-bond donors (Lipinski definition) is 1. The van der Waals surface area contributed by atoms with Crippen LogP contribution in [0.2, 0.25) is 0 Å². The molecule has 0 aliphatic rings. The third kappa shape index (κ3) is 3.87. The topological polar surface area (TPSA) is 46.5 Å². The second kappa shape index (κ2) is 5.11. The maximum atomic E-state index is 12.8. The number of carboxylic acids is 1. The molecule has 1 aromatic rings. The summed E-state index contributed by atoms with van der Waals surface area (Å²) in [5.74, 6) is -1.06. The summed E-state index contributed by atoms with van der Waals surface area (Å²) in [6.07, 6.45) is -0.622. The normalized spacial score (nSPS) is 12.2. The molecule has 0 fully saturated rings. The lowest BCUT2D eigenvalue weighted by atomic mass is 10.3. The highest BCUT2D eigenvalue weighted by atomic mass is 79.9. The summed E-state index contributed by atoms with van der Waals surface area (Å²) in [4.78, 5) is 10.4. The molecular weight excluding hydrogens is 267 g/mol. The van der Waals surface area contributed by atoms with Crippen LogP contribution in [0.4, 0.5) is 4.39 Å². The molecule has 1 aromatic carbocycles. The highest BCUT2D eigenvalue weighted by Crippen LogP contribution is 2.26. The fraction of sp³-hybridized carbons (Fsp3) is 0.300. The minimum Gasteiger partial charge on any atom is -0.489 e. The van der Waals surface area contributed by atoms with Crippen molar-refractivity contribution in [2.24, 2.45) is 0 Å². The van der Waals surface area contributed by atoms with E-state index in [0.717, 1.165) is 0 Å². The standard InChI is InChI=1S/C10H10BrFO3/c1-6(4-10(13)14)15-9-5-7(12)2-3-8(9)11/h2-3,5-6H,4H2,1H3,(H,13,14)/t6-/m1/s1. The summed E-state index contributed by atoms with van der Waals surface area (Å²) in [5, 5.41) is 8.52.